The molecule has 0 saturated carbocycles. The average molecular weight is 213 g/mol. The lowest BCUT2D eigenvalue weighted by Crippen LogP contribution is -2.38. The standard InChI is InChI=1S/C10H15NO4/c1-8(12)7-11-9(13)6-10(15-11)2-4-14-5-3-10/h2-7H2,1H3. The second-order valence-electron chi connectivity index (χ2n) is 4.20. The van der Waals surface area contributed by atoms with Crippen LogP contribution in [0.15, 0.2) is 0 Å². The van der Waals surface area contributed by atoms with E-state index in [0.29, 0.717) is 19.6 Å². The zero-order chi connectivity index (χ0) is 10.9. The molecule has 0 aromatic heterocycles. The number of nitrogens with zero attached hydrogens (tertiary/aromatic N) is 1. The maximum Gasteiger partial charge on any atom is 0.249 e. The molecule has 84 valence electrons. The largest absolute Gasteiger partial charge is 0.381 e. The first-order valence-electron chi connectivity index (χ1n) is 5.18. The number of hydroxylamine groups is 2. The Balaban J connectivity index is 2.01. The van der Waals surface area contributed by atoms with E-state index in [4.69, 9.17) is 9.57 Å². The molecule has 5 nitrogen and oxygen atoms in total. The van der Waals surface area contributed by atoms with Gasteiger partial charge in [-0.1, -0.05) is 0 Å². The Morgan fingerprint density at radius 2 is 2.13 bits per heavy atom. The summed E-state index contributed by atoms with van der Waals surface area (Å²) in [6, 6.07) is 0. The lowest BCUT2D eigenvalue weighted by atomic mass is 9.91. The van der Waals surface area contributed by atoms with E-state index in [-0.39, 0.29) is 18.2 Å². The van der Waals surface area contributed by atoms with Gasteiger partial charge in [-0.2, -0.15) is 0 Å². The van der Waals surface area contributed by atoms with Crippen LogP contribution < -0.4 is 0 Å². The number of hydrogen-bond acceptors (Lipinski definition) is 4. The average Bonchev–Trinajstić information content (AvgIpc) is 2.43. The highest BCUT2D eigenvalue weighted by Crippen LogP contribution is 2.35. The molecule has 15 heavy (non-hydrogen) atoms. The van der Waals surface area contributed by atoms with Gasteiger partial charge in [-0.15, -0.1) is 0 Å². The minimum atomic E-state index is -0.398. The van der Waals surface area contributed by atoms with Crippen LogP contribution in [0, 0.1) is 0 Å². The van der Waals surface area contributed by atoms with Crippen LogP contribution >= 0.6 is 0 Å². The van der Waals surface area contributed by atoms with Crippen molar-refractivity contribution in [1.82, 2.24) is 5.06 Å². The van der Waals surface area contributed by atoms with Gasteiger partial charge in [0.15, 0.2) is 5.78 Å². The van der Waals surface area contributed by atoms with Crippen LogP contribution in [0.1, 0.15) is 26.2 Å². The van der Waals surface area contributed by atoms with Crippen molar-refractivity contribution in [3.05, 3.63) is 0 Å². The fourth-order valence-corrected chi connectivity index (χ4v) is 2.01. The van der Waals surface area contributed by atoms with Gasteiger partial charge in [0.1, 0.15) is 12.1 Å². The van der Waals surface area contributed by atoms with E-state index in [2.05, 4.69) is 0 Å². The van der Waals surface area contributed by atoms with Gasteiger partial charge in [0.2, 0.25) is 5.91 Å². The lowest BCUT2D eigenvalue weighted by Gasteiger charge is -2.31. The minimum Gasteiger partial charge on any atom is -0.381 e. The Labute approximate surface area is 88.3 Å². The molecule has 0 unspecified atom stereocenters. The molecule has 0 radical (unpaired) electrons. The molecule has 2 aliphatic rings. The Kier molecular flexibility index (Phi) is 2.75. The zero-order valence-electron chi connectivity index (χ0n) is 8.82. The van der Waals surface area contributed by atoms with Crippen molar-refractivity contribution in [2.75, 3.05) is 19.8 Å². The smallest absolute Gasteiger partial charge is 0.249 e. The molecule has 2 fully saturated rings. The maximum atomic E-state index is 11.6. The third kappa shape index (κ3) is 2.18. The van der Waals surface area contributed by atoms with Crippen molar-refractivity contribution in [2.24, 2.45) is 0 Å². The predicted molar refractivity (Wildman–Crippen MR) is 50.9 cm³/mol. The van der Waals surface area contributed by atoms with E-state index in [1.54, 1.807) is 0 Å². The molecule has 0 aromatic carbocycles. The van der Waals surface area contributed by atoms with Crippen LogP contribution in [-0.4, -0.2) is 42.1 Å². The summed E-state index contributed by atoms with van der Waals surface area (Å²) >= 11 is 0. The summed E-state index contributed by atoms with van der Waals surface area (Å²) < 4.78 is 5.23. The van der Waals surface area contributed by atoms with E-state index in [1.165, 1.54) is 12.0 Å². The topological polar surface area (TPSA) is 55.8 Å². The second-order valence-corrected chi connectivity index (χ2v) is 4.20. The molecule has 5 heteroatoms. The van der Waals surface area contributed by atoms with Crippen molar-refractivity contribution in [3.63, 3.8) is 0 Å². The Morgan fingerprint density at radius 3 is 2.73 bits per heavy atom. The summed E-state index contributed by atoms with van der Waals surface area (Å²) in [5.41, 5.74) is -0.398. The van der Waals surface area contributed by atoms with Gasteiger partial charge in [0, 0.05) is 26.1 Å². The fourth-order valence-electron chi connectivity index (χ4n) is 2.01. The SMILES string of the molecule is CC(=O)CN1OC2(CCOCC2)CC1=O. The van der Waals surface area contributed by atoms with Crippen molar-refractivity contribution in [3.8, 4) is 0 Å². The highest BCUT2D eigenvalue weighted by molar-refractivity contribution is 5.85. The number of ketones is 1. The normalized spacial score (nSPS) is 24.9. The van der Waals surface area contributed by atoms with Gasteiger partial charge < -0.3 is 4.74 Å². The molecule has 1 amide bonds. The number of Topliss-reactive ketones (excluding diaryl/α,β-unsaturated/α-hetero) is 1. The van der Waals surface area contributed by atoms with Crippen LogP contribution in [0.2, 0.25) is 0 Å². The molecule has 0 N–H and O–H groups in total. The first kappa shape index (κ1) is 10.6. The van der Waals surface area contributed by atoms with E-state index in [0.717, 1.165) is 12.8 Å². The third-order valence-electron chi connectivity index (χ3n) is 2.83. The van der Waals surface area contributed by atoms with Gasteiger partial charge in [0.05, 0.1) is 6.42 Å². The van der Waals surface area contributed by atoms with E-state index < -0.39 is 5.60 Å². The number of hydrogen-bond donors (Lipinski definition) is 0. The van der Waals surface area contributed by atoms with Crippen molar-refractivity contribution in [1.29, 1.82) is 0 Å². The van der Waals surface area contributed by atoms with E-state index in [9.17, 15) is 9.59 Å². The summed E-state index contributed by atoms with van der Waals surface area (Å²) in [5, 5.41) is 1.20. The van der Waals surface area contributed by atoms with Crippen molar-refractivity contribution < 1.29 is 19.2 Å². The molecule has 0 aromatic rings. The highest BCUT2D eigenvalue weighted by atomic mass is 16.7. The zero-order valence-corrected chi connectivity index (χ0v) is 8.82. The summed E-state index contributed by atoms with van der Waals surface area (Å²) in [7, 11) is 0. The first-order chi connectivity index (χ1) is 7.11. The van der Waals surface area contributed by atoms with Crippen LogP contribution in [-0.2, 0) is 19.2 Å². The van der Waals surface area contributed by atoms with E-state index in [1.807, 2.05) is 0 Å². The van der Waals surface area contributed by atoms with Crippen molar-refractivity contribution >= 4 is 11.7 Å². The van der Waals surface area contributed by atoms with Gasteiger partial charge in [-0.05, 0) is 6.92 Å². The van der Waals surface area contributed by atoms with Crippen molar-refractivity contribution in [2.45, 2.75) is 31.8 Å². The van der Waals surface area contributed by atoms with Gasteiger partial charge >= 0.3 is 0 Å². The molecule has 2 saturated heterocycles. The van der Waals surface area contributed by atoms with Crippen LogP contribution in [0.4, 0.5) is 0 Å². The Bertz CT molecular complexity index is 283. The highest BCUT2D eigenvalue weighted by Gasteiger charge is 2.46. The van der Waals surface area contributed by atoms with Crippen LogP contribution in [0.5, 0.6) is 0 Å². The Hall–Kier alpha value is -0.940. The fraction of sp³-hybridized carbons (Fsp3) is 0.800. The molecule has 2 aliphatic heterocycles. The van der Waals surface area contributed by atoms with Gasteiger partial charge in [-0.3, -0.25) is 14.4 Å². The summed E-state index contributed by atoms with van der Waals surface area (Å²) in [6.07, 6.45) is 1.84. The number of amides is 1. The molecule has 0 atom stereocenters. The van der Waals surface area contributed by atoms with E-state index >= 15 is 0 Å². The van der Waals surface area contributed by atoms with Gasteiger partial charge in [-0.25, -0.2) is 5.06 Å². The lowest BCUT2D eigenvalue weighted by molar-refractivity contribution is -0.216. The predicted octanol–water partition coefficient (Wildman–Crippen LogP) is 0.288. The maximum absolute atomic E-state index is 11.6. The molecule has 0 bridgehead atoms. The van der Waals surface area contributed by atoms with Crippen LogP contribution in [0.25, 0.3) is 0 Å². The molecule has 2 rings (SSSR count). The van der Waals surface area contributed by atoms with Gasteiger partial charge in [0.25, 0.3) is 0 Å². The third-order valence-corrected chi connectivity index (χ3v) is 2.83. The van der Waals surface area contributed by atoms with Crippen LogP contribution in [0.3, 0.4) is 0 Å². The quantitative estimate of drug-likeness (QED) is 0.661. The number of rotatable bonds is 2. The molecule has 0 aliphatic carbocycles. The molecular formula is C10H15NO4. The summed E-state index contributed by atoms with van der Waals surface area (Å²) in [4.78, 5) is 28.1. The number of carbonyl (C=O) groups excluding carboxylic acids is 2. The first-order valence-corrected chi connectivity index (χ1v) is 5.18. The second kappa shape index (κ2) is 3.90. The number of ether oxygens (including phenoxy) is 1. The summed E-state index contributed by atoms with van der Waals surface area (Å²) in [5.74, 6) is -0.153. The Morgan fingerprint density at radius 1 is 1.47 bits per heavy atom. The molecule has 1 spiro atoms. The molecular weight excluding hydrogens is 198 g/mol. The monoisotopic (exact) mass is 213 g/mol. The summed E-state index contributed by atoms with van der Waals surface area (Å²) in [6.45, 7) is 2.76. The number of carbonyl (C=O) groups is 2. The molecule has 2 heterocycles. The minimum absolute atomic E-state index is 0.0570.